The second-order valence-corrected chi connectivity index (χ2v) is 6.97. The number of carbonyl (C=O) groups excluding carboxylic acids is 1. The van der Waals surface area contributed by atoms with Crippen LogP contribution in [-0.4, -0.2) is 17.0 Å². The number of hydrogen-bond acceptors (Lipinski definition) is 3. The van der Waals surface area contributed by atoms with Gasteiger partial charge in [0.2, 0.25) is 0 Å². The van der Waals surface area contributed by atoms with E-state index >= 15 is 0 Å². The van der Waals surface area contributed by atoms with Gasteiger partial charge in [-0.1, -0.05) is 36.4 Å². The van der Waals surface area contributed by atoms with Crippen molar-refractivity contribution in [1.29, 1.82) is 0 Å². The number of carbonyl (C=O) groups is 2. The summed E-state index contributed by atoms with van der Waals surface area (Å²) in [5.74, 6) is -0.363. The highest BCUT2D eigenvalue weighted by Gasteiger charge is 2.08. The van der Waals surface area contributed by atoms with E-state index in [1.165, 1.54) is 0 Å². The van der Waals surface area contributed by atoms with Gasteiger partial charge in [0.05, 0.1) is 6.42 Å². The molecular weight excluding hydrogens is 366 g/mol. The zero-order valence-corrected chi connectivity index (χ0v) is 16.4. The molecule has 0 bridgehead atoms. The molecule has 0 aliphatic carbocycles. The maximum absolute atomic E-state index is 12.5. The number of amides is 1. The molecule has 1 amide bonds. The number of aliphatic carboxylic acids is 1. The molecule has 0 saturated heterocycles. The Morgan fingerprint density at radius 3 is 2.21 bits per heavy atom. The molecule has 0 aromatic heterocycles. The Morgan fingerprint density at radius 1 is 0.897 bits per heavy atom. The first-order chi connectivity index (χ1) is 13.9. The first-order valence-corrected chi connectivity index (χ1v) is 9.32. The normalized spacial score (nSPS) is 10.4. The summed E-state index contributed by atoms with van der Waals surface area (Å²) in [6.07, 6.45) is 0.00668. The highest BCUT2D eigenvalue weighted by atomic mass is 16.5. The van der Waals surface area contributed by atoms with Crippen molar-refractivity contribution >= 4 is 17.6 Å². The first-order valence-electron chi connectivity index (χ1n) is 9.32. The Labute approximate surface area is 170 Å². The molecule has 3 aromatic carbocycles. The van der Waals surface area contributed by atoms with Crippen molar-refractivity contribution in [3.63, 3.8) is 0 Å². The summed E-state index contributed by atoms with van der Waals surface area (Å²) in [6, 6.07) is 20.2. The molecule has 0 saturated carbocycles. The predicted octanol–water partition coefficient (Wildman–Crippen LogP) is 4.76. The van der Waals surface area contributed by atoms with E-state index in [1.807, 2.05) is 44.2 Å². The molecule has 0 atom stereocenters. The topological polar surface area (TPSA) is 75.6 Å². The standard InChI is InChI=1S/C24H23NO4/c1-16-3-4-17(2)22(13-16)25-24(28)20-9-11-21(12-10-20)29-15-19-7-5-18(6-8-19)14-23(26)27/h3-13H,14-15H2,1-2H3,(H,25,28)(H,26,27). The van der Waals surface area contributed by atoms with Crippen LogP contribution in [0.2, 0.25) is 0 Å². The SMILES string of the molecule is Cc1ccc(C)c(NC(=O)c2ccc(OCc3ccc(CC(=O)O)cc3)cc2)c1. The van der Waals surface area contributed by atoms with E-state index in [1.54, 1.807) is 36.4 Å². The third kappa shape index (κ3) is 5.69. The molecule has 0 fully saturated rings. The van der Waals surface area contributed by atoms with Gasteiger partial charge >= 0.3 is 5.97 Å². The van der Waals surface area contributed by atoms with Crippen molar-refractivity contribution in [1.82, 2.24) is 0 Å². The molecule has 0 spiro atoms. The minimum Gasteiger partial charge on any atom is -0.489 e. The second-order valence-electron chi connectivity index (χ2n) is 6.97. The molecule has 3 aromatic rings. The van der Waals surface area contributed by atoms with E-state index in [-0.39, 0.29) is 12.3 Å². The molecule has 5 nitrogen and oxygen atoms in total. The van der Waals surface area contributed by atoms with Gasteiger partial charge in [-0.05, 0) is 66.4 Å². The Balaban J connectivity index is 1.57. The minimum absolute atomic E-state index is 0.00668. The average Bonchev–Trinajstić information content (AvgIpc) is 2.70. The summed E-state index contributed by atoms with van der Waals surface area (Å²) in [7, 11) is 0. The van der Waals surface area contributed by atoms with Gasteiger partial charge in [0.25, 0.3) is 5.91 Å². The van der Waals surface area contributed by atoms with E-state index in [0.29, 0.717) is 17.9 Å². The van der Waals surface area contributed by atoms with Gasteiger partial charge in [-0.25, -0.2) is 0 Å². The van der Waals surface area contributed by atoms with E-state index in [0.717, 1.165) is 27.9 Å². The molecular formula is C24H23NO4. The molecule has 148 valence electrons. The number of nitrogens with one attached hydrogen (secondary N) is 1. The highest BCUT2D eigenvalue weighted by Crippen LogP contribution is 2.19. The van der Waals surface area contributed by atoms with Crippen molar-refractivity contribution < 1.29 is 19.4 Å². The van der Waals surface area contributed by atoms with E-state index in [4.69, 9.17) is 9.84 Å². The summed E-state index contributed by atoms with van der Waals surface area (Å²) in [5.41, 5.74) is 5.15. The van der Waals surface area contributed by atoms with Crippen molar-refractivity contribution in [3.05, 3.63) is 94.5 Å². The number of aryl methyl sites for hydroxylation is 2. The maximum Gasteiger partial charge on any atom is 0.307 e. The van der Waals surface area contributed by atoms with Crippen molar-refractivity contribution in [3.8, 4) is 5.75 Å². The second kappa shape index (κ2) is 9.06. The highest BCUT2D eigenvalue weighted by molar-refractivity contribution is 6.04. The Bertz CT molecular complexity index is 1010. The van der Waals surface area contributed by atoms with E-state index in [2.05, 4.69) is 5.32 Å². The summed E-state index contributed by atoms with van der Waals surface area (Å²) < 4.78 is 5.75. The van der Waals surface area contributed by atoms with Crippen LogP contribution in [-0.2, 0) is 17.8 Å². The number of benzene rings is 3. The van der Waals surface area contributed by atoms with Crippen LogP contribution in [0.5, 0.6) is 5.75 Å². The molecule has 0 aliphatic rings. The van der Waals surface area contributed by atoms with Crippen LogP contribution in [0.25, 0.3) is 0 Å². The molecule has 0 unspecified atom stereocenters. The predicted molar refractivity (Wildman–Crippen MR) is 112 cm³/mol. The Kier molecular flexibility index (Phi) is 6.29. The first kappa shape index (κ1) is 20.1. The molecule has 0 heterocycles. The number of hydrogen-bond donors (Lipinski definition) is 2. The third-order valence-electron chi connectivity index (χ3n) is 4.54. The van der Waals surface area contributed by atoms with Crippen LogP contribution < -0.4 is 10.1 Å². The largest absolute Gasteiger partial charge is 0.489 e. The van der Waals surface area contributed by atoms with Gasteiger partial charge in [0, 0.05) is 11.3 Å². The third-order valence-corrected chi connectivity index (χ3v) is 4.54. The molecule has 29 heavy (non-hydrogen) atoms. The van der Waals surface area contributed by atoms with Crippen LogP contribution in [0.3, 0.4) is 0 Å². The smallest absolute Gasteiger partial charge is 0.307 e. The summed E-state index contributed by atoms with van der Waals surface area (Å²) in [4.78, 5) is 23.2. The zero-order valence-electron chi connectivity index (χ0n) is 16.4. The van der Waals surface area contributed by atoms with Gasteiger partial charge in [-0.3, -0.25) is 9.59 Å². The molecule has 2 N–H and O–H groups in total. The van der Waals surface area contributed by atoms with Gasteiger partial charge in [0.15, 0.2) is 0 Å². The van der Waals surface area contributed by atoms with E-state index < -0.39 is 5.97 Å². The number of carboxylic acids is 1. The van der Waals surface area contributed by atoms with Gasteiger partial charge in [-0.2, -0.15) is 0 Å². The van der Waals surface area contributed by atoms with Crippen LogP contribution in [0.1, 0.15) is 32.6 Å². The van der Waals surface area contributed by atoms with Gasteiger partial charge in [0.1, 0.15) is 12.4 Å². The lowest BCUT2D eigenvalue weighted by atomic mass is 10.1. The fourth-order valence-electron chi connectivity index (χ4n) is 2.86. The maximum atomic E-state index is 12.5. The number of rotatable bonds is 7. The van der Waals surface area contributed by atoms with Crippen LogP contribution in [0, 0.1) is 13.8 Å². The number of anilines is 1. The van der Waals surface area contributed by atoms with Crippen molar-refractivity contribution in [2.45, 2.75) is 26.9 Å². The number of carboxylic acid groups (broad SMARTS) is 1. The lowest BCUT2D eigenvalue weighted by Gasteiger charge is -2.10. The quantitative estimate of drug-likeness (QED) is 0.611. The van der Waals surface area contributed by atoms with Gasteiger partial charge < -0.3 is 15.2 Å². The summed E-state index contributed by atoms with van der Waals surface area (Å²) in [5, 5.41) is 11.7. The minimum atomic E-state index is -0.851. The fourth-order valence-corrected chi connectivity index (χ4v) is 2.86. The molecule has 0 aliphatic heterocycles. The Morgan fingerprint density at radius 2 is 1.55 bits per heavy atom. The van der Waals surface area contributed by atoms with Crippen molar-refractivity contribution in [2.75, 3.05) is 5.32 Å². The zero-order chi connectivity index (χ0) is 20.8. The summed E-state index contributed by atoms with van der Waals surface area (Å²) in [6.45, 7) is 4.31. The lowest BCUT2D eigenvalue weighted by molar-refractivity contribution is -0.136. The van der Waals surface area contributed by atoms with Gasteiger partial charge in [-0.15, -0.1) is 0 Å². The molecule has 3 rings (SSSR count). The average molecular weight is 389 g/mol. The van der Waals surface area contributed by atoms with E-state index in [9.17, 15) is 9.59 Å². The van der Waals surface area contributed by atoms with Crippen LogP contribution >= 0.6 is 0 Å². The molecule has 5 heteroatoms. The number of ether oxygens (including phenoxy) is 1. The van der Waals surface area contributed by atoms with Crippen LogP contribution in [0.15, 0.2) is 66.7 Å². The van der Waals surface area contributed by atoms with Crippen LogP contribution in [0.4, 0.5) is 5.69 Å². The Hall–Kier alpha value is -3.60. The lowest BCUT2D eigenvalue weighted by Crippen LogP contribution is -2.12. The van der Waals surface area contributed by atoms with Crippen molar-refractivity contribution in [2.24, 2.45) is 0 Å². The monoisotopic (exact) mass is 389 g/mol. The summed E-state index contributed by atoms with van der Waals surface area (Å²) >= 11 is 0. The molecule has 0 radical (unpaired) electrons. The fraction of sp³-hybridized carbons (Fsp3) is 0.167.